The van der Waals surface area contributed by atoms with E-state index in [1.54, 1.807) is 0 Å². The van der Waals surface area contributed by atoms with Crippen LogP contribution in [0.4, 0.5) is 13.2 Å². The van der Waals surface area contributed by atoms with Crippen LogP contribution in [0.25, 0.3) is 0 Å². The van der Waals surface area contributed by atoms with Crippen molar-refractivity contribution in [1.29, 1.82) is 0 Å². The van der Waals surface area contributed by atoms with E-state index in [0.717, 1.165) is 10.9 Å². The number of aromatic nitrogens is 2. The Hall–Kier alpha value is -1.14. The molecule has 0 saturated heterocycles. The second-order valence-corrected chi connectivity index (χ2v) is 6.77. The van der Waals surface area contributed by atoms with Crippen molar-refractivity contribution in [2.75, 3.05) is 19.9 Å². The molecule has 0 atom stereocenters. The van der Waals surface area contributed by atoms with E-state index in [1.165, 1.54) is 20.4 Å². The number of ketones is 1. The molecular weight excluding hydrogens is 272 g/mol. The molecule has 0 N–H and O–H groups in total. The third-order valence-electron chi connectivity index (χ3n) is 1.90. The van der Waals surface area contributed by atoms with Crippen LogP contribution in [-0.2, 0) is 22.3 Å². The topological polar surface area (TPSA) is 61.2 Å². The molecule has 0 aliphatic carbocycles. The highest BCUT2D eigenvalue weighted by Gasteiger charge is 2.38. The van der Waals surface area contributed by atoms with Crippen molar-refractivity contribution in [3.8, 4) is 0 Å². The van der Waals surface area contributed by atoms with Crippen LogP contribution in [0.3, 0.4) is 0 Å². The lowest BCUT2D eigenvalue weighted by Gasteiger charge is -2.08. The first kappa shape index (κ1) is 14.9. The van der Waals surface area contributed by atoms with Gasteiger partial charge in [0.25, 0.3) is 0 Å². The number of rotatable bonds is 4. The molecule has 0 spiro atoms. The van der Waals surface area contributed by atoms with Crippen molar-refractivity contribution in [3.63, 3.8) is 0 Å². The largest absolute Gasteiger partial charge is 0.435 e. The molecule has 1 aromatic rings. The predicted octanol–water partition coefficient (Wildman–Crippen LogP) is 2.18. The summed E-state index contributed by atoms with van der Waals surface area (Å²) in [6, 6.07) is 0. The summed E-state index contributed by atoms with van der Waals surface area (Å²) in [4.78, 5) is 11.6. The smallest absolute Gasteiger partial charge is 0.320 e. The molecule has 0 aliphatic rings. The summed E-state index contributed by atoms with van der Waals surface area (Å²) in [5, 5.41) is 3.19. The molecule has 0 aliphatic heterocycles. The first-order chi connectivity index (χ1) is 8.00. The van der Waals surface area contributed by atoms with Crippen molar-refractivity contribution in [2.45, 2.75) is 6.18 Å². The fourth-order valence-electron chi connectivity index (χ4n) is 1.19. The zero-order valence-electron chi connectivity index (χ0n) is 9.98. The van der Waals surface area contributed by atoms with E-state index < -0.39 is 37.2 Å². The van der Waals surface area contributed by atoms with Gasteiger partial charge in [-0.3, -0.25) is 14.0 Å². The van der Waals surface area contributed by atoms with Crippen LogP contribution in [-0.4, -0.2) is 35.5 Å². The zero-order valence-corrected chi connectivity index (χ0v) is 10.9. The molecule has 0 saturated carbocycles. The minimum absolute atomic E-state index is 0.585. The second-order valence-electron chi connectivity index (χ2n) is 4.01. The van der Waals surface area contributed by atoms with E-state index >= 15 is 0 Å². The molecule has 0 bridgehead atoms. The van der Waals surface area contributed by atoms with Crippen molar-refractivity contribution in [1.82, 2.24) is 9.78 Å². The summed E-state index contributed by atoms with van der Waals surface area (Å²) in [5.74, 6) is -0.903. The molecule has 1 rings (SSSR count). The first-order valence-electron chi connectivity index (χ1n) is 4.84. The van der Waals surface area contributed by atoms with Crippen molar-refractivity contribution in [3.05, 3.63) is 17.5 Å². The van der Waals surface area contributed by atoms with Crippen LogP contribution in [0.5, 0.6) is 0 Å². The number of aryl methyl sites for hydroxylation is 1. The fraction of sp³-hybridized carbons (Fsp3) is 0.556. The highest BCUT2D eigenvalue weighted by molar-refractivity contribution is 7.57. The maximum atomic E-state index is 12.6. The molecule has 1 heterocycles. The lowest BCUT2D eigenvalue weighted by Crippen LogP contribution is -2.15. The summed E-state index contributed by atoms with van der Waals surface area (Å²) in [6.45, 7) is 1.88. The maximum Gasteiger partial charge on any atom is 0.435 e. The van der Waals surface area contributed by atoms with Gasteiger partial charge in [0.1, 0.15) is 6.61 Å². The minimum Gasteiger partial charge on any atom is -0.320 e. The molecule has 0 unspecified atom stereocenters. The maximum absolute atomic E-state index is 12.6. The quantitative estimate of drug-likeness (QED) is 0.628. The molecule has 102 valence electrons. The third kappa shape index (κ3) is 3.96. The van der Waals surface area contributed by atoms with Crippen LogP contribution >= 0.6 is 7.37 Å². The number of halogens is 3. The van der Waals surface area contributed by atoms with Gasteiger partial charge < -0.3 is 4.52 Å². The van der Waals surface area contributed by atoms with Crippen LogP contribution in [0.15, 0.2) is 6.20 Å². The van der Waals surface area contributed by atoms with Crippen LogP contribution in [0.2, 0.25) is 0 Å². The Morgan fingerprint density at radius 3 is 2.50 bits per heavy atom. The van der Waals surface area contributed by atoms with Crippen LogP contribution in [0, 0.1) is 0 Å². The van der Waals surface area contributed by atoms with E-state index in [4.69, 9.17) is 4.52 Å². The Balaban J connectivity index is 2.96. The zero-order chi connectivity index (χ0) is 14.1. The Morgan fingerprint density at radius 1 is 1.50 bits per heavy atom. The number of alkyl halides is 3. The molecule has 0 radical (unpaired) electrons. The van der Waals surface area contributed by atoms with Gasteiger partial charge in [0.2, 0.25) is 0 Å². The average molecular weight is 284 g/mol. The van der Waals surface area contributed by atoms with Crippen LogP contribution < -0.4 is 0 Å². The molecule has 5 nitrogen and oxygen atoms in total. The molecule has 9 heteroatoms. The number of carbonyl (C=O) groups excluding carboxylic acids is 1. The average Bonchev–Trinajstić information content (AvgIpc) is 2.55. The van der Waals surface area contributed by atoms with Gasteiger partial charge in [0.15, 0.2) is 18.8 Å². The van der Waals surface area contributed by atoms with Gasteiger partial charge in [0, 0.05) is 26.6 Å². The van der Waals surface area contributed by atoms with Crippen molar-refractivity contribution >= 4 is 13.2 Å². The summed E-state index contributed by atoms with van der Waals surface area (Å²) in [6.07, 6.45) is -3.75. The third-order valence-corrected chi connectivity index (χ3v) is 2.66. The minimum atomic E-state index is -4.71. The van der Waals surface area contributed by atoms with Crippen molar-refractivity contribution in [2.24, 2.45) is 7.05 Å². The van der Waals surface area contributed by atoms with Gasteiger partial charge in [-0.15, -0.1) is 0 Å². The highest BCUT2D eigenvalue weighted by atomic mass is 31.2. The molecule has 1 aromatic heterocycles. The second kappa shape index (κ2) is 4.85. The standard InChI is InChI=1S/C9H12F3N2O3P/c1-14-4-6(8(13-14)9(10,11)12)7(15)5-17-18(2,3)16/h4H,5H2,1-3H3. The number of hydrogen-bond donors (Lipinski definition) is 0. The Bertz CT molecular complexity index is 504. The van der Waals surface area contributed by atoms with Gasteiger partial charge in [-0.2, -0.15) is 18.3 Å². The monoisotopic (exact) mass is 284 g/mol. The lowest BCUT2D eigenvalue weighted by atomic mass is 10.1. The van der Waals surface area contributed by atoms with E-state index in [1.807, 2.05) is 0 Å². The van der Waals surface area contributed by atoms with Crippen molar-refractivity contribution < 1.29 is 27.1 Å². The number of hydrogen-bond acceptors (Lipinski definition) is 4. The van der Waals surface area contributed by atoms with Gasteiger partial charge in [-0.1, -0.05) is 0 Å². The molecule has 0 fully saturated rings. The summed E-state index contributed by atoms with van der Waals surface area (Å²) < 4.78 is 54.6. The van der Waals surface area contributed by atoms with Gasteiger partial charge in [-0.25, -0.2) is 0 Å². The van der Waals surface area contributed by atoms with E-state index in [9.17, 15) is 22.5 Å². The van der Waals surface area contributed by atoms with E-state index in [2.05, 4.69) is 5.10 Å². The molecule has 18 heavy (non-hydrogen) atoms. The molecule has 0 aromatic carbocycles. The van der Waals surface area contributed by atoms with Gasteiger partial charge in [-0.05, 0) is 0 Å². The normalized spacial score (nSPS) is 12.8. The summed E-state index contributed by atoms with van der Waals surface area (Å²) in [7, 11) is -1.64. The SMILES string of the molecule is Cn1cc(C(=O)COP(C)(C)=O)c(C(F)(F)F)n1. The molecule has 0 amide bonds. The highest BCUT2D eigenvalue weighted by Crippen LogP contribution is 2.37. The Labute approximate surface area is 101 Å². The number of Topliss-reactive ketones (excluding diaryl/α,β-unsaturated/α-hetero) is 1. The van der Waals surface area contributed by atoms with E-state index in [0.29, 0.717) is 0 Å². The fourth-order valence-corrected chi connectivity index (χ4v) is 1.62. The van der Waals surface area contributed by atoms with Gasteiger partial charge >= 0.3 is 6.18 Å². The Morgan fingerprint density at radius 2 is 2.06 bits per heavy atom. The van der Waals surface area contributed by atoms with Gasteiger partial charge in [0.05, 0.1) is 5.56 Å². The number of carbonyl (C=O) groups is 1. The first-order valence-corrected chi connectivity index (χ1v) is 7.36. The van der Waals surface area contributed by atoms with E-state index in [-0.39, 0.29) is 0 Å². The summed E-state index contributed by atoms with van der Waals surface area (Å²) in [5.41, 5.74) is -1.85. The molecular formula is C9H12F3N2O3P. The lowest BCUT2D eigenvalue weighted by molar-refractivity contribution is -0.141. The summed E-state index contributed by atoms with van der Waals surface area (Å²) >= 11 is 0. The predicted molar refractivity (Wildman–Crippen MR) is 57.9 cm³/mol. The Kier molecular flexibility index (Phi) is 4.02. The van der Waals surface area contributed by atoms with Crippen LogP contribution in [0.1, 0.15) is 16.1 Å². The number of nitrogens with zero attached hydrogens (tertiary/aromatic N) is 2.